The van der Waals surface area contributed by atoms with Gasteiger partial charge in [0.15, 0.2) is 0 Å². The van der Waals surface area contributed by atoms with Crippen molar-refractivity contribution in [3.05, 3.63) is 64.4 Å². The highest BCUT2D eigenvalue weighted by atomic mass is 79.9. The number of carbonyl (C=O) groups excluding carboxylic acids is 2. The first-order valence-electron chi connectivity index (χ1n) is 7.88. The molecule has 136 valence electrons. The Balaban J connectivity index is 1.60. The highest BCUT2D eigenvalue weighted by molar-refractivity contribution is 9.10. The molecular weight excluding hydrogens is 407 g/mol. The molecule has 2 aromatic rings. The van der Waals surface area contributed by atoms with Crippen LogP contribution in [0, 0.1) is 5.82 Å². The number of hydrogen-bond donors (Lipinski definition) is 2. The van der Waals surface area contributed by atoms with Gasteiger partial charge in [0.2, 0.25) is 0 Å². The first-order valence-corrected chi connectivity index (χ1v) is 8.68. The topological polar surface area (TPSA) is 78.9 Å². The Hall–Kier alpha value is -2.45. The van der Waals surface area contributed by atoms with Crippen LogP contribution in [0.5, 0.6) is 0 Å². The molecule has 1 atom stereocenters. The van der Waals surface area contributed by atoms with E-state index in [1.165, 1.54) is 29.2 Å². The number of anilines is 1. The quantitative estimate of drug-likeness (QED) is 0.742. The van der Waals surface area contributed by atoms with Gasteiger partial charge in [-0.3, -0.25) is 4.79 Å². The van der Waals surface area contributed by atoms with Gasteiger partial charge in [0, 0.05) is 29.7 Å². The number of rotatable bonds is 4. The third-order valence-electron chi connectivity index (χ3n) is 3.98. The first-order chi connectivity index (χ1) is 12.4. The second-order valence-corrected chi connectivity index (χ2v) is 6.76. The van der Waals surface area contributed by atoms with Crippen LogP contribution in [0.4, 0.5) is 14.9 Å². The molecule has 2 amide bonds. The largest absolute Gasteiger partial charge is 0.410 e. The minimum Gasteiger partial charge on any atom is -0.407 e. The van der Waals surface area contributed by atoms with Gasteiger partial charge in [-0.1, -0.05) is 28.1 Å². The van der Waals surface area contributed by atoms with Gasteiger partial charge in [0.25, 0.3) is 11.7 Å². The predicted molar refractivity (Wildman–Crippen MR) is 95.8 cm³/mol. The number of aliphatic hydroxyl groups is 1. The summed E-state index contributed by atoms with van der Waals surface area (Å²) in [7, 11) is 0. The van der Waals surface area contributed by atoms with E-state index >= 15 is 0 Å². The van der Waals surface area contributed by atoms with E-state index in [1.54, 1.807) is 0 Å². The van der Waals surface area contributed by atoms with Crippen molar-refractivity contribution < 1.29 is 23.8 Å². The van der Waals surface area contributed by atoms with E-state index in [4.69, 9.17) is 4.74 Å². The van der Waals surface area contributed by atoms with E-state index in [1.807, 2.05) is 24.3 Å². The lowest BCUT2D eigenvalue weighted by molar-refractivity contribution is -0.175. The van der Waals surface area contributed by atoms with E-state index < -0.39 is 23.6 Å². The highest BCUT2D eigenvalue weighted by Crippen LogP contribution is 2.29. The molecule has 0 aromatic heterocycles. The maximum absolute atomic E-state index is 13.0. The third kappa shape index (κ3) is 4.03. The molecule has 0 spiro atoms. The first kappa shape index (κ1) is 18.3. The summed E-state index contributed by atoms with van der Waals surface area (Å²) in [4.78, 5) is 25.7. The lowest BCUT2D eigenvalue weighted by Gasteiger charge is -2.22. The number of nitrogens with zero attached hydrogens (tertiary/aromatic N) is 1. The summed E-state index contributed by atoms with van der Waals surface area (Å²) in [6.45, 7) is 0.337. The summed E-state index contributed by atoms with van der Waals surface area (Å²) in [5.74, 6) is -3.43. The average Bonchev–Trinajstić information content (AvgIpc) is 2.89. The number of benzene rings is 2. The van der Waals surface area contributed by atoms with Gasteiger partial charge in [-0.15, -0.1) is 0 Å². The van der Waals surface area contributed by atoms with E-state index in [0.717, 1.165) is 10.0 Å². The highest BCUT2D eigenvalue weighted by Gasteiger charge is 2.49. The van der Waals surface area contributed by atoms with Crippen molar-refractivity contribution in [1.29, 1.82) is 0 Å². The zero-order valence-electron chi connectivity index (χ0n) is 13.6. The Morgan fingerprint density at radius 2 is 2.04 bits per heavy atom. The average molecular weight is 423 g/mol. The van der Waals surface area contributed by atoms with Crippen molar-refractivity contribution in [2.45, 2.75) is 18.8 Å². The summed E-state index contributed by atoms with van der Waals surface area (Å²) in [6.07, 6.45) is -0.977. The Kier molecular flexibility index (Phi) is 5.24. The standard InChI is InChI=1S/C18H16BrFN2O4/c19-13-3-1-2-12(10-13)11-21-17(24)26-18(25)8-9-22(16(18)23)15-6-4-14(20)5-7-15/h1-7,10,25H,8-9,11H2,(H,21,24)/t18-/m1/s1. The van der Waals surface area contributed by atoms with Gasteiger partial charge >= 0.3 is 6.09 Å². The van der Waals surface area contributed by atoms with E-state index in [-0.39, 0.29) is 19.5 Å². The molecule has 2 N–H and O–H groups in total. The second-order valence-electron chi connectivity index (χ2n) is 5.84. The number of amides is 2. The fourth-order valence-corrected chi connectivity index (χ4v) is 3.10. The predicted octanol–water partition coefficient (Wildman–Crippen LogP) is 2.94. The van der Waals surface area contributed by atoms with Crippen LogP contribution in [0.1, 0.15) is 12.0 Å². The van der Waals surface area contributed by atoms with Crippen molar-refractivity contribution in [3.63, 3.8) is 0 Å². The molecule has 26 heavy (non-hydrogen) atoms. The molecule has 6 nitrogen and oxygen atoms in total. The fraction of sp³-hybridized carbons (Fsp3) is 0.222. The van der Waals surface area contributed by atoms with E-state index in [9.17, 15) is 19.1 Å². The molecule has 1 fully saturated rings. The zero-order chi connectivity index (χ0) is 18.7. The molecule has 1 aliphatic rings. The van der Waals surface area contributed by atoms with Crippen LogP contribution >= 0.6 is 15.9 Å². The van der Waals surface area contributed by atoms with Gasteiger partial charge in [0.05, 0.1) is 0 Å². The van der Waals surface area contributed by atoms with Crippen LogP contribution in [0.3, 0.4) is 0 Å². The monoisotopic (exact) mass is 422 g/mol. The van der Waals surface area contributed by atoms with Gasteiger partial charge in [-0.25, -0.2) is 9.18 Å². The van der Waals surface area contributed by atoms with Crippen molar-refractivity contribution in [3.8, 4) is 0 Å². The van der Waals surface area contributed by atoms with Gasteiger partial charge in [0.1, 0.15) is 5.82 Å². The number of nitrogens with one attached hydrogen (secondary N) is 1. The van der Waals surface area contributed by atoms with Crippen LogP contribution < -0.4 is 10.2 Å². The van der Waals surface area contributed by atoms with Gasteiger partial charge in [-0.05, 0) is 42.0 Å². The molecule has 0 radical (unpaired) electrons. The lowest BCUT2D eigenvalue weighted by Crippen LogP contribution is -2.46. The van der Waals surface area contributed by atoms with Crippen molar-refractivity contribution in [2.75, 3.05) is 11.4 Å². The smallest absolute Gasteiger partial charge is 0.407 e. The molecule has 2 aromatic carbocycles. The van der Waals surface area contributed by atoms with Crippen molar-refractivity contribution >= 4 is 33.6 Å². The maximum Gasteiger partial charge on any atom is 0.410 e. The van der Waals surface area contributed by atoms with Gasteiger partial charge in [-0.2, -0.15) is 0 Å². The molecule has 1 heterocycles. The number of halogens is 2. The van der Waals surface area contributed by atoms with E-state index in [0.29, 0.717) is 5.69 Å². The van der Waals surface area contributed by atoms with Crippen LogP contribution in [0.2, 0.25) is 0 Å². The number of hydrogen-bond acceptors (Lipinski definition) is 4. The Labute approximate surface area is 157 Å². The number of ether oxygens (including phenoxy) is 1. The van der Waals surface area contributed by atoms with Gasteiger partial charge < -0.3 is 20.1 Å². The van der Waals surface area contributed by atoms with Crippen LogP contribution in [0.15, 0.2) is 53.0 Å². The maximum atomic E-state index is 13.0. The van der Waals surface area contributed by atoms with Crippen LogP contribution in [-0.2, 0) is 16.1 Å². The molecule has 8 heteroatoms. The number of carbonyl (C=O) groups is 2. The Morgan fingerprint density at radius 1 is 1.31 bits per heavy atom. The van der Waals surface area contributed by atoms with Crippen LogP contribution in [0.25, 0.3) is 0 Å². The molecule has 1 saturated heterocycles. The van der Waals surface area contributed by atoms with E-state index in [2.05, 4.69) is 21.2 Å². The molecule has 0 aliphatic carbocycles. The Morgan fingerprint density at radius 3 is 2.73 bits per heavy atom. The van der Waals surface area contributed by atoms with Crippen molar-refractivity contribution in [2.24, 2.45) is 0 Å². The lowest BCUT2D eigenvalue weighted by atomic mass is 10.2. The molecule has 0 unspecified atom stereocenters. The normalized spacial score (nSPS) is 19.5. The summed E-state index contributed by atoms with van der Waals surface area (Å²) >= 11 is 3.33. The van der Waals surface area contributed by atoms with Crippen LogP contribution in [-0.4, -0.2) is 29.4 Å². The fourth-order valence-electron chi connectivity index (χ4n) is 2.66. The zero-order valence-corrected chi connectivity index (χ0v) is 15.2. The molecule has 0 saturated carbocycles. The molecule has 0 bridgehead atoms. The summed E-state index contributed by atoms with van der Waals surface area (Å²) < 4.78 is 18.8. The second kappa shape index (κ2) is 7.43. The SMILES string of the molecule is O=C(NCc1cccc(Br)c1)O[C@]1(O)CCN(c2ccc(F)cc2)C1=O. The molecule has 1 aliphatic heterocycles. The molecule has 3 rings (SSSR count). The summed E-state index contributed by atoms with van der Waals surface area (Å²) in [5, 5.41) is 12.9. The minimum absolute atomic E-state index is 0.0759. The Bertz CT molecular complexity index is 830. The molecular formula is C18H16BrFN2O4. The number of alkyl carbamates (subject to hydrolysis) is 1. The minimum atomic E-state index is -2.24. The third-order valence-corrected chi connectivity index (χ3v) is 4.47. The van der Waals surface area contributed by atoms with Crippen molar-refractivity contribution in [1.82, 2.24) is 5.32 Å². The summed E-state index contributed by atoms with van der Waals surface area (Å²) in [5.41, 5.74) is 1.25. The summed E-state index contributed by atoms with van der Waals surface area (Å²) in [6, 6.07) is 12.6.